The van der Waals surface area contributed by atoms with Gasteiger partial charge < -0.3 is 5.73 Å². The molecular formula is C5H6N4NaO. The first-order valence-electron chi connectivity index (χ1n) is 2.62. The summed E-state index contributed by atoms with van der Waals surface area (Å²) in [6.45, 7) is 0. The molecule has 5 nitrogen and oxygen atoms in total. The minimum atomic E-state index is -0.661. The number of aromatic nitrogens is 2. The standard InChI is InChI=1S/C5H6N4O.Na/c6-4(10)9-5-7-2-1-3-8-5;/h1-3H,(H3,6,7,8,9,10);. The van der Waals surface area contributed by atoms with Crippen LogP contribution in [-0.4, -0.2) is 45.6 Å². The molecule has 2 amide bonds. The molecule has 0 saturated carbocycles. The second-order valence-electron chi connectivity index (χ2n) is 1.56. The van der Waals surface area contributed by atoms with E-state index in [0.29, 0.717) is 0 Å². The molecule has 0 atom stereocenters. The third-order valence-corrected chi connectivity index (χ3v) is 0.801. The van der Waals surface area contributed by atoms with Crippen LogP contribution in [0.4, 0.5) is 10.7 Å². The Morgan fingerprint density at radius 1 is 1.45 bits per heavy atom. The minimum absolute atomic E-state index is 0. The zero-order valence-corrected chi connectivity index (χ0v) is 8.11. The third kappa shape index (κ3) is 3.92. The van der Waals surface area contributed by atoms with Crippen molar-refractivity contribution in [3.8, 4) is 0 Å². The number of rotatable bonds is 1. The Hall–Kier alpha value is -0.650. The normalized spacial score (nSPS) is 8.00. The summed E-state index contributed by atoms with van der Waals surface area (Å²) in [5, 5.41) is 2.22. The molecule has 0 spiro atoms. The van der Waals surface area contributed by atoms with Crippen molar-refractivity contribution in [2.75, 3.05) is 5.32 Å². The van der Waals surface area contributed by atoms with Gasteiger partial charge in [-0.1, -0.05) is 0 Å². The van der Waals surface area contributed by atoms with Crippen LogP contribution in [0.2, 0.25) is 0 Å². The van der Waals surface area contributed by atoms with Gasteiger partial charge in [-0.25, -0.2) is 14.8 Å². The molecule has 1 rings (SSSR count). The van der Waals surface area contributed by atoms with Crippen molar-refractivity contribution in [3.63, 3.8) is 0 Å². The van der Waals surface area contributed by atoms with E-state index in [-0.39, 0.29) is 35.5 Å². The first-order valence-corrected chi connectivity index (χ1v) is 2.62. The van der Waals surface area contributed by atoms with E-state index >= 15 is 0 Å². The molecule has 1 heterocycles. The van der Waals surface area contributed by atoms with Gasteiger partial charge in [0.05, 0.1) is 0 Å². The van der Waals surface area contributed by atoms with Crippen molar-refractivity contribution < 1.29 is 4.79 Å². The topological polar surface area (TPSA) is 80.9 Å². The second kappa shape index (κ2) is 5.06. The fourth-order valence-corrected chi connectivity index (χ4v) is 0.474. The van der Waals surface area contributed by atoms with Gasteiger partial charge in [-0.05, 0) is 6.07 Å². The Morgan fingerprint density at radius 2 is 2.00 bits per heavy atom. The number of primary amides is 1. The van der Waals surface area contributed by atoms with Crippen molar-refractivity contribution >= 4 is 41.5 Å². The fourth-order valence-electron chi connectivity index (χ4n) is 0.474. The summed E-state index contributed by atoms with van der Waals surface area (Å²) in [4.78, 5) is 17.6. The maximum atomic E-state index is 10.2. The van der Waals surface area contributed by atoms with E-state index in [1.165, 1.54) is 12.4 Å². The van der Waals surface area contributed by atoms with Gasteiger partial charge in [-0.2, -0.15) is 0 Å². The van der Waals surface area contributed by atoms with Crippen LogP contribution in [0.1, 0.15) is 0 Å². The molecule has 53 valence electrons. The monoisotopic (exact) mass is 161 g/mol. The predicted octanol–water partition coefficient (Wildman–Crippen LogP) is -0.414. The van der Waals surface area contributed by atoms with E-state index in [0.717, 1.165) is 0 Å². The Bertz CT molecular complexity index is 227. The van der Waals surface area contributed by atoms with Crippen LogP contribution in [0.5, 0.6) is 0 Å². The van der Waals surface area contributed by atoms with Crippen LogP contribution in [0.3, 0.4) is 0 Å². The summed E-state index contributed by atoms with van der Waals surface area (Å²) in [5.41, 5.74) is 4.79. The third-order valence-electron chi connectivity index (χ3n) is 0.801. The molecule has 0 saturated heterocycles. The Kier molecular flexibility index (Phi) is 4.76. The molecule has 0 aromatic carbocycles. The molecule has 0 fully saturated rings. The second-order valence-corrected chi connectivity index (χ2v) is 1.56. The van der Waals surface area contributed by atoms with Gasteiger partial charge >= 0.3 is 6.03 Å². The van der Waals surface area contributed by atoms with Crippen LogP contribution in [-0.2, 0) is 0 Å². The number of urea groups is 1. The van der Waals surface area contributed by atoms with E-state index < -0.39 is 6.03 Å². The quantitative estimate of drug-likeness (QED) is 0.549. The maximum Gasteiger partial charge on any atom is 0.319 e. The molecule has 0 bridgehead atoms. The van der Waals surface area contributed by atoms with Crippen molar-refractivity contribution in [2.45, 2.75) is 0 Å². The fraction of sp³-hybridized carbons (Fsp3) is 0. The van der Waals surface area contributed by atoms with Crippen LogP contribution < -0.4 is 11.1 Å². The molecule has 0 aliphatic carbocycles. The molecular weight excluding hydrogens is 155 g/mol. The number of hydrogen-bond donors (Lipinski definition) is 2. The van der Waals surface area contributed by atoms with Crippen LogP contribution in [0.15, 0.2) is 18.5 Å². The number of nitrogens with one attached hydrogen (secondary N) is 1. The first-order chi connectivity index (χ1) is 4.79. The van der Waals surface area contributed by atoms with E-state index in [4.69, 9.17) is 5.73 Å². The molecule has 1 aromatic heterocycles. The smallest absolute Gasteiger partial charge is 0.319 e. The molecule has 1 aromatic rings. The van der Waals surface area contributed by atoms with Crippen molar-refractivity contribution in [2.24, 2.45) is 5.73 Å². The summed E-state index contributed by atoms with van der Waals surface area (Å²) in [6.07, 6.45) is 3.02. The summed E-state index contributed by atoms with van der Waals surface area (Å²) in [6, 6.07) is 0.984. The average molecular weight is 161 g/mol. The van der Waals surface area contributed by atoms with Crippen molar-refractivity contribution in [1.82, 2.24) is 9.97 Å². The van der Waals surface area contributed by atoms with Crippen molar-refractivity contribution in [1.29, 1.82) is 0 Å². The molecule has 0 aliphatic rings. The van der Waals surface area contributed by atoms with Gasteiger partial charge in [0.2, 0.25) is 5.95 Å². The predicted molar refractivity (Wildman–Crippen MR) is 41.0 cm³/mol. The molecule has 1 radical (unpaired) electrons. The SMILES string of the molecule is NC(=O)Nc1ncccn1.[Na]. The van der Waals surface area contributed by atoms with E-state index in [2.05, 4.69) is 15.3 Å². The van der Waals surface area contributed by atoms with E-state index in [1.807, 2.05) is 0 Å². The number of nitrogens with two attached hydrogens (primary N) is 1. The number of carbonyl (C=O) groups excluding carboxylic acids is 1. The Labute approximate surface area is 85.7 Å². The molecule has 0 aliphatic heterocycles. The van der Waals surface area contributed by atoms with Crippen LogP contribution in [0, 0.1) is 0 Å². The largest absolute Gasteiger partial charge is 0.351 e. The molecule has 0 unspecified atom stereocenters. The molecule has 6 heteroatoms. The number of hydrogen-bond acceptors (Lipinski definition) is 3. The summed E-state index contributed by atoms with van der Waals surface area (Å²) < 4.78 is 0. The van der Waals surface area contributed by atoms with Gasteiger partial charge in [0.15, 0.2) is 0 Å². The zero-order valence-electron chi connectivity index (χ0n) is 6.11. The van der Waals surface area contributed by atoms with Gasteiger partial charge in [0, 0.05) is 42.0 Å². The summed E-state index contributed by atoms with van der Waals surface area (Å²) in [5.74, 6) is 0.218. The van der Waals surface area contributed by atoms with E-state index in [9.17, 15) is 4.79 Å². The minimum Gasteiger partial charge on any atom is -0.351 e. The maximum absolute atomic E-state index is 10.2. The Morgan fingerprint density at radius 3 is 2.45 bits per heavy atom. The number of carbonyl (C=O) groups is 1. The first kappa shape index (κ1) is 10.3. The van der Waals surface area contributed by atoms with Crippen molar-refractivity contribution in [3.05, 3.63) is 18.5 Å². The van der Waals surface area contributed by atoms with Gasteiger partial charge in [-0.15, -0.1) is 0 Å². The van der Waals surface area contributed by atoms with E-state index in [1.54, 1.807) is 6.07 Å². The Balaban J connectivity index is 0.000001000. The average Bonchev–Trinajstić information content (AvgIpc) is 1.88. The number of anilines is 1. The molecule has 3 N–H and O–H groups in total. The van der Waals surface area contributed by atoms with Gasteiger partial charge in [0.1, 0.15) is 0 Å². The number of nitrogens with zero attached hydrogens (tertiary/aromatic N) is 2. The summed E-state index contributed by atoms with van der Waals surface area (Å²) >= 11 is 0. The van der Waals surface area contributed by atoms with Crippen LogP contribution >= 0.6 is 0 Å². The van der Waals surface area contributed by atoms with Gasteiger partial charge in [-0.3, -0.25) is 5.32 Å². The van der Waals surface area contributed by atoms with Crippen LogP contribution in [0.25, 0.3) is 0 Å². The number of amides is 2. The van der Waals surface area contributed by atoms with Gasteiger partial charge in [0.25, 0.3) is 0 Å². The zero-order chi connectivity index (χ0) is 7.40. The summed E-state index contributed by atoms with van der Waals surface area (Å²) in [7, 11) is 0. The molecule has 11 heavy (non-hydrogen) atoms.